The molecule has 0 radical (unpaired) electrons. The molecule has 94 valence electrons. The standard InChI is InChI=1S/C13H20BrN3/c1-10-5-16-13(2,3)9-17(10)8-11-4-12(14)7-15-6-11/h4,6-7,10,16H,5,8-9H2,1-3H3. The molecule has 1 aliphatic rings. The average Bonchev–Trinajstić information content (AvgIpc) is 2.23. The van der Waals surface area contributed by atoms with Gasteiger partial charge in [0.25, 0.3) is 0 Å². The first kappa shape index (κ1) is 13.0. The minimum absolute atomic E-state index is 0.200. The second-order valence-corrected chi connectivity index (χ2v) is 6.45. The van der Waals surface area contributed by atoms with Gasteiger partial charge in [-0.05, 0) is 48.3 Å². The number of nitrogens with one attached hydrogen (secondary N) is 1. The predicted molar refractivity (Wildman–Crippen MR) is 73.9 cm³/mol. The monoisotopic (exact) mass is 297 g/mol. The third-order valence-corrected chi connectivity index (χ3v) is 3.68. The van der Waals surface area contributed by atoms with Crippen LogP contribution < -0.4 is 5.32 Å². The molecule has 1 atom stereocenters. The van der Waals surface area contributed by atoms with E-state index in [0.717, 1.165) is 24.1 Å². The van der Waals surface area contributed by atoms with Gasteiger partial charge in [-0.2, -0.15) is 0 Å². The maximum Gasteiger partial charge on any atom is 0.0410 e. The van der Waals surface area contributed by atoms with E-state index in [4.69, 9.17) is 0 Å². The maximum atomic E-state index is 4.22. The largest absolute Gasteiger partial charge is 0.309 e. The van der Waals surface area contributed by atoms with Crippen LogP contribution in [0.25, 0.3) is 0 Å². The molecule has 2 rings (SSSR count). The van der Waals surface area contributed by atoms with Gasteiger partial charge in [0.05, 0.1) is 0 Å². The fourth-order valence-electron chi connectivity index (χ4n) is 2.26. The van der Waals surface area contributed by atoms with Crippen molar-refractivity contribution in [1.82, 2.24) is 15.2 Å². The maximum absolute atomic E-state index is 4.22. The fraction of sp³-hybridized carbons (Fsp3) is 0.615. The third kappa shape index (κ3) is 3.50. The topological polar surface area (TPSA) is 28.2 Å². The number of hydrogen-bond donors (Lipinski definition) is 1. The van der Waals surface area contributed by atoms with Gasteiger partial charge in [0, 0.05) is 48.1 Å². The Morgan fingerprint density at radius 1 is 1.53 bits per heavy atom. The zero-order chi connectivity index (χ0) is 12.5. The van der Waals surface area contributed by atoms with Crippen LogP contribution in [0.5, 0.6) is 0 Å². The lowest BCUT2D eigenvalue weighted by molar-refractivity contribution is 0.0976. The molecule has 1 aromatic rings. The van der Waals surface area contributed by atoms with E-state index >= 15 is 0 Å². The number of hydrogen-bond acceptors (Lipinski definition) is 3. The molecule has 2 heterocycles. The quantitative estimate of drug-likeness (QED) is 0.909. The van der Waals surface area contributed by atoms with Crippen molar-refractivity contribution in [3.63, 3.8) is 0 Å². The van der Waals surface area contributed by atoms with Gasteiger partial charge in [-0.1, -0.05) is 0 Å². The van der Waals surface area contributed by atoms with Gasteiger partial charge in [-0.3, -0.25) is 9.88 Å². The SMILES string of the molecule is CC1CNC(C)(C)CN1Cc1cncc(Br)c1. The molecule has 1 aliphatic heterocycles. The number of rotatable bonds is 2. The van der Waals surface area contributed by atoms with E-state index in [9.17, 15) is 0 Å². The zero-order valence-electron chi connectivity index (χ0n) is 10.7. The highest BCUT2D eigenvalue weighted by Crippen LogP contribution is 2.18. The van der Waals surface area contributed by atoms with E-state index in [1.165, 1.54) is 5.56 Å². The molecule has 4 heteroatoms. The van der Waals surface area contributed by atoms with Crippen LogP contribution in [-0.4, -0.2) is 34.6 Å². The van der Waals surface area contributed by atoms with E-state index in [-0.39, 0.29) is 5.54 Å². The summed E-state index contributed by atoms with van der Waals surface area (Å²) in [6.45, 7) is 9.87. The summed E-state index contributed by atoms with van der Waals surface area (Å²) in [6.07, 6.45) is 3.78. The number of nitrogens with zero attached hydrogens (tertiary/aromatic N) is 2. The van der Waals surface area contributed by atoms with Crippen molar-refractivity contribution in [2.75, 3.05) is 13.1 Å². The second-order valence-electron chi connectivity index (χ2n) is 5.53. The Balaban J connectivity index is 2.06. The molecule has 0 amide bonds. The predicted octanol–water partition coefficient (Wildman–Crippen LogP) is 2.42. The molecule has 0 bridgehead atoms. The first-order valence-corrected chi connectivity index (χ1v) is 6.84. The van der Waals surface area contributed by atoms with Crippen molar-refractivity contribution < 1.29 is 0 Å². The Kier molecular flexibility index (Phi) is 3.85. The second kappa shape index (κ2) is 5.04. The van der Waals surface area contributed by atoms with Crippen LogP contribution in [0.3, 0.4) is 0 Å². The summed E-state index contributed by atoms with van der Waals surface area (Å²) in [6, 6.07) is 2.72. The van der Waals surface area contributed by atoms with E-state index in [0.29, 0.717) is 6.04 Å². The number of piperazine rings is 1. The minimum atomic E-state index is 0.200. The van der Waals surface area contributed by atoms with Gasteiger partial charge >= 0.3 is 0 Å². The van der Waals surface area contributed by atoms with E-state index in [2.05, 4.69) is 58.0 Å². The van der Waals surface area contributed by atoms with Crippen LogP contribution in [0.15, 0.2) is 22.9 Å². The summed E-state index contributed by atoms with van der Waals surface area (Å²) in [5, 5.41) is 3.57. The Morgan fingerprint density at radius 2 is 2.29 bits per heavy atom. The summed E-state index contributed by atoms with van der Waals surface area (Å²) < 4.78 is 1.05. The van der Waals surface area contributed by atoms with E-state index in [1.807, 2.05) is 12.4 Å². The van der Waals surface area contributed by atoms with Crippen molar-refractivity contribution in [3.05, 3.63) is 28.5 Å². The van der Waals surface area contributed by atoms with Gasteiger partial charge in [0.1, 0.15) is 0 Å². The molecule has 0 saturated carbocycles. The summed E-state index contributed by atoms with van der Waals surface area (Å²) in [5.41, 5.74) is 1.47. The third-order valence-electron chi connectivity index (χ3n) is 3.24. The molecule has 0 aliphatic carbocycles. The lowest BCUT2D eigenvalue weighted by Gasteiger charge is -2.43. The van der Waals surface area contributed by atoms with Crippen molar-refractivity contribution in [1.29, 1.82) is 0 Å². The van der Waals surface area contributed by atoms with Gasteiger partial charge in [0.2, 0.25) is 0 Å². The molecule has 1 aromatic heterocycles. The lowest BCUT2D eigenvalue weighted by atomic mass is 9.99. The Morgan fingerprint density at radius 3 is 3.00 bits per heavy atom. The Hall–Kier alpha value is -0.450. The normalized spacial score (nSPS) is 24.8. The number of aromatic nitrogens is 1. The van der Waals surface area contributed by atoms with Crippen molar-refractivity contribution >= 4 is 15.9 Å². The highest BCUT2D eigenvalue weighted by molar-refractivity contribution is 9.10. The zero-order valence-corrected chi connectivity index (χ0v) is 12.3. The van der Waals surface area contributed by atoms with Gasteiger partial charge in [0.15, 0.2) is 0 Å². The summed E-state index contributed by atoms with van der Waals surface area (Å²) in [4.78, 5) is 6.74. The average molecular weight is 298 g/mol. The fourth-order valence-corrected chi connectivity index (χ4v) is 2.67. The molecule has 0 spiro atoms. The van der Waals surface area contributed by atoms with Gasteiger partial charge < -0.3 is 5.32 Å². The van der Waals surface area contributed by atoms with Crippen molar-refractivity contribution in [2.45, 2.75) is 38.9 Å². The smallest absolute Gasteiger partial charge is 0.0410 e. The summed E-state index contributed by atoms with van der Waals surface area (Å²) in [7, 11) is 0. The van der Waals surface area contributed by atoms with Crippen LogP contribution in [0.2, 0.25) is 0 Å². The van der Waals surface area contributed by atoms with Crippen LogP contribution in [0.1, 0.15) is 26.3 Å². The lowest BCUT2D eigenvalue weighted by Crippen LogP contribution is -2.60. The minimum Gasteiger partial charge on any atom is -0.309 e. The number of pyridine rings is 1. The van der Waals surface area contributed by atoms with Crippen molar-refractivity contribution in [2.24, 2.45) is 0 Å². The molecule has 1 saturated heterocycles. The molecule has 17 heavy (non-hydrogen) atoms. The van der Waals surface area contributed by atoms with Crippen LogP contribution in [0.4, 0.5) is 0 Å². The molecular weight excluding hydrogens is 278 g/mol. The van der Waals surface area contributed by atoms with Crippen molar-refractivity contribution in [3.8, 4) is 0 Å². The molecule has 1 N–H and O–H groups in total. The number of halogens is 1. The van der Waals surface area contributed by atoms with Crippen LogP contribution in [0, 0.1) is 0 Å². The van der Waals surface area contributed by atoms with Crippen LogP contribution >= 0.6 is 15.9 Å². The highest BCUT2D eigenvalue weighted by Gasteiger charge is 2.29. The molecule has 1 unspecified atom stereocenters. The molecule has 3 nitrogen and oxygen atoms in total. The first-order valence-electron chi connectivity index (χ1n) is 6.05. The van der Waals surface area contributed by atoms with E-state index in [1.54, 1.807) is 0 Å². The molecule has 0 aromatic carbocycles. The Bertz CT molecular complexity index is 392. The van der Waals surface area contributed by atoms with E-state index < -0.39 is 0 Å². The molecule has 1 fully saturated rings. The highest BCUT2D eigenvalue weighted by atomic mass is 79.9. The summed E-state index contributed by atoms with van der Waals surface area (Å²) >= 11 is 3.47. The first-order chi connectivity index (χ1) is 7.96. The molecular formula is C13H20BrN3. The van der Waals surface area contributed by atoms with Crippen LogP contribution in [-0.2, 0) is 6.54 Å². The van der Waals surface area contributed by atoms with Gasteiger partial charge in [-0.15, -0.1) is 0 Å². The summed E-state index contributed by atoms with van der Waals surface area (Å²) in [5.74, 6) is 0. The van der Waals surface area contributed by atoms with Gasteiger partial charge in [-0.25, -0.2) is 0 Å². The Labute approximate surface area is 112 Å².